The first-order chi connectivity index (χ1) is 6.86. The molecule has 0 fully saturated rings. The van der Waals surface area contributed by atoms with E-state index in [1.807, 2.05) is 25.1 Å². The Morgan fingerprint density at radius 2 is 2.29 bits per heavy atom. The van der Waals surface area contributed by atoms with E-state index in [0.29, 0.717) is 5.56 Å². The fourth-order valence-electron chi connectivity index (χ4n) is 1.09. The monoisotopic (exact) mass is 184 g/mol. The highest BCUT2D eigenvalue weighted by molar-refractivity contribution is 5.49. The number of anilines is 1. The molecule has 1 aromatic carbocycles. The zero-order chi connectivity index (χ0) is 10.2. The average molecular weight is 184 g/mol. The standard InChI is InChI=1S/C12H12N2/c1-2-3-4-8-14-12-7-5-6-11(9-12)10-13/h5-7,9,14H,4,8H2,1H3. The Morgan fingerprint density at radius 3 is 3.00 bits per heavy atom. The summed E-state index contributed by atoms with van der Waals surface area (Å²) in [5, 5.41) is 11.9. The van der Waals surface area contributed by atoms with Gasteiger partial charge in [0.05, 0.1) is 11.6 Å². The second kappa shape index (κ2) is 5.67. The van der Waals surface area contributed by atoms with Crippen LogP contribution in [0.25, 0.3) is 0 Å². The molecule has 0 heterocycles. The van der Waals surface area contributed by atoms with Crippen molar-refractivity contribution in [3.63, 3.8) is 0 Å². The van der Waals surface area contributed by atoms with Gasteiger partial charge < -0.3 is 5.32 Å². The van der Waals surface area contributed by atoms with E-state index in [0.717, 1.165) is 18.7 Å². The van der Waals surface area contributed by atoms with Crippen LogP contribution in [0.5, 0.6) is 0 Å². The van der Waals surface area contributed by atoms with Crippen LogP contribution in [-0.4, -0.2) is 6.54 Å². The maximum Gasteiger partial charge on any atom is 0.0992 e. The maximum absolute atomic E-state index is 8.67. The largest absolute Gasteiger partial charge is 0.384 e. The lowest BCUT2D eigenvalue weighted by Crippen LogP contribution is -2.00. The summed E-state index contributed by atoms with van der Waals surface area (Å²) in [7, 11) is 0. The topological polar surface area (TPSA) is 35.8 Å². The van der Waals surface area contributed by atoms with E-state index in [1.54, 1.807) is 6.07 Å². The Bertz CT molecular complexity index is 391. The lowest BCUT2D eigenvalue weighted by atomic mass is 10.2. The number of nitriles is 1. The van der Waals surface area contributed by atoms with Gasteiger partial charge in [-0.25, -0.2) is 0 Å². The smallest absolute Gasteiger partial charge is 0.0992 e. The highest BCUT2D eigenvalue weighted by Gasteiger charge is 1.92. The molecule has 0 aliphatic heterocycles. The summed E-state index contributed by atoms with van der Waals surface area (Å²) in [4.78, 5) is 0. The number of rotatable bonds is 3. The molecule has 0 radical (unpaired) electrons. The highest BCUT2D eigenvalue weighted by Crippen LogP contribution is 2.09. The number of benzene rings is 1. The Labute approximate surface area is 84.6 Å². The van der Waals surface area contributed by atoms with Crippen LogP contribution in [0.1, 0.15) is 18.9 Å². The van der Waals surface area contributed by atoms with Crippen LogP contribution in [0.2, 0.25) is 0 Å². The van der Waals surface area contributed by atoms with E-state index in [1.165, 1.54) is 0 Å². The summed E-state index contributed by atoms with van der Waals surface area (Å²) in [6.07, 6.45) is 0.827. The van der Waals surface area contributed by atoms with Crippen molar-refractivity contribution in [2.24, 2.45) is 0 Å². The van der Waals surface area contributed by atoms with Crippen molar-refractivity contribution in [1.29, 1.82) is 5.26 Å². The normalized spacial score (nSPS) is 8.29. The van der Waals surface area contributed by atoms with Crippen molar-refractivity contribution in [3.05, 3.63) is 29.8 Å². The van der Waals surface area contributed by atoms with Gasteiger partial charge in [-0.3, -0.25) is 0 Å². The molecule has 0 atom stereocenters. The molecule has 0 unspecified atom stereocenters. The van der Waals surface area contributed by atoms with Gasteiger partial charge in [-0.05, 0) is 25.1 Å². The number of nitrogens with zero attached hydrogens (tertiary/aromatic N) is 1. The van der Waals surface area contributed by atoms with E-state index < -0.39 is 0 Å². The van der Waals surface area contributed by atoms with Crippen molar-refractivity contribution in [3.8, 4) is 17.9 Å². The third kappa shape index (κ3) is 3.21. The quantitative estimate of drug-likeness (QED) is 0.578. The molecule has 2 heteroatoms. The summed E-state index contributed by atoms with van der Waals surface area (Å²) in [6, 6.07) is 9.53. The molecular weight excluding hydrogens is 172 g/mol. The molecule has 0 saturated carbocycles. The lowest BCUT2D eigenvalue weighted by Gasteiger charge is -2.03. The van der Waals surface area contributed by atoms with Gasteiger partial charge in [0.2, 0.25) is 0 Å². The van der Waals surface area contributed by atoms with Crippen LogP contribution < -0.4 is 5.32 Å². The van der Waals surface area contributed by atoms with E-state index >= 15 is 0 Å². The zero-order valence-corrected chi connectivity index (χ0v) is 8.17. The zero-order valence-electron chi connectivity index (χ0n) is 8.17. The fraction of sp³-hybridized carbons (Fsp3) is 0.250. The highest BCUT2D eigenvalue weighted by atomic mass is 14.9. The predicted molar refractivity (Wildman–Crippen MR) is 57.7 cm³/mol. The average Bonchev–Trinajstić information content (AvgIpc) is 2.25. The fourth-order valence-corrected chi connectivity index (χ4v) is 1.09. The van der Waals surface area contributed by atoms with Gasteiger partial charge in [0.15, 0.2) is 0 Å². The van der Waals surface area contributed by atoms with Crippen molar-refractivity contribution in [1.82, 2.24) is 0 Å². The minimum Gasteiger partial charge on any atom is -0.384 e. The Kier molecular flexibility index (Phi) is 4.11. The minimum atomic E-state index is 0.677. The molecule has 14 heavy (non-hydrogen) atoms. The maximum atomic E-state index is 8.67. The van der Waals surface area contributed by atoms with Gasteiger partial charge in [-0.1, -0.05) is 6.07 Å². The molecular formula is C12H12N2. The van der Waals surface area contributed by atoms with Gasteiger partial charge in [0.25, 0.3) is 0 Å². The molecule has 2 nitrogen and oxygen atoms in total. The summed E-state index contributed by atoms with van der Waals surface area (Å²) >= 11 is 0. The second-order valence-electron chi connectivity index (χ2n) is 2.80. The summed E-state index contributed by atoms with van der Waals surface area (Å²) in [6.45, 7) is 2.64. The van der Waals surface area contributed by atoms with E-state index in [-0.39, 0.29) is 0 Å². The Balaban J connectivity index is 2.50. The van der Waals surface area contributed by atoms with Gasteiger partial charge in [0, 0.05) is 18.7 Å². The van der Waals surface area contributed by atoms with Gasteiger partial charge in [0.1, 0.15) is 0 Å². The number of hydrogen-bond acceptors (Lipinski definition) is 2. The van der Waals surface area contributed by atoms with Crippen LogP contribution >= 0.6 is 0 Å². The van der Waals surface area contributed by atoms with E-state index in [9.17, 15) is 0 Å². The van der Waals surface area contributed by atoms with Crippen LogP contribution in [0.15, 0.2) is 24.3 Å². The van der Waals surface area contributed by atoms with Gasteiger partial charge in [-0.2, -0.15) is 5.26 Å². The minimum absolute atomic E-state index is 0.677. The lowest BCUT2D eigenvalue weighted by molar-refractivity contribution is 1.10. The first kappa shape index (κ1) is 10.2. The molecule has 0 bridgehead atoms. The summed E-state index contributed by atoms with van der Waals surface area (Å²) in [5.74, 6) is 5.80. The predicted octanol–water partition coefficient (Wildman–Crippen LogP) is 2.38. The van der Waals surface area contributed by atoms with Gasteiger partial charge in [-0.15, -0.1) is 11.8 Å². The van der Waals surface area contributed by atoms with Crippen molar-refractivity contribution >= 4 is 5.69 Å². The second-order valence-corrected chi connectivity index (χ2v) is 2.80. The van der Waals surface area contributed by atoms with Crippen LogP contribution in [0, 0.1) is 23.2 Å². The summed E-state index contributed by atoms with van der Waals surface area (Å²) in [5.41, 5.74) is 1.65. The molecule has 0 aromatic heterocycles. The van der Waals surface area contributed by atoms with Crippen molar-refractivity contribution in [2.75, 3.05) is 11.9 Å². The van der Waals surface area contributed by atoms with Gasteiger partial charge >= 0.3 is 0 Å². The molecule has 0 saturated heterocycles. The van der Waals surface area contributed by atoms with Crippen LogP contribution in [-0.2, 0) is 0 Å². The molecule has 0 amide bonds. The first-order valence-corrected chi connectivity index (χ1v) is 4.50. The van der Waals surface area contributed by atoms with Crippen LogP contribution in [0.4, 0.5) is 5.69 Å². The van der Waals surface area contributed by atoms with Crippen molar-refractivity contribution < 1.29 is 0 Å². The molecule has 70 valence electrons. The van der Waals surface area contributed by atoms with Crippen molar-refractivity contribution in [2.45, 2.75) is 13.3 Å². The molecule has 0 aliphatic carbocycles. The molecule has 0 aliphatic rings. The number of hydrogen-bond donors (Lipinski definition) is 1. The Hall–Kier alpha value is -1.93. The number of nitrogens with one attached hydrogen (secondary N) is 1. The SMILES string of the molecule is CC#CCCNc1cccc(C#N)c1. The molecule has 1 rings (SSSR count). The molecule has 1 aromatic rings. The van der Waals surface area contributed by atoms with E-state index in [2.05, 4.69) is 23.2 Å². The summed E-state index contributed by atoms with van der Waals surface area (Å²) < 4.78 is 0. The first-order valence-electron chi connectivity index (χ1n) is 4.50. The third-order valence-corrected chi connectivity index (χ3v) is 1.75. The third-order valence-electron chi connectivity index (χ3n) is 1.75. The Morgan fingerprint density at radius 1 is 1.43 bits per heavy atom. The molecule has 1 N–H and O–H groups in total. The van der Waals surface area contributed by atoms with E-state index in [4.69, 9.17) is 5.26 Å². The van der Waals surface area contributed by atoms with Crippen LogP contribution in [0.3, 0.4) is 0 Å². The molecule has 0 spiro atoms.